The minimum atomic E-state index is -0.381. The van der Waals surface area contributed by atoms with Crippen molar-refractivity contribution in [2.24, 2.45) is 5.92 Å². The Morgan fingerprint density at radius 1 is 1.00 bits per heavy atom. The Bertz CT molecular complexity index is 318. The maximum Gasteiger partial charge on any atom is 0.330 e. The second-order valence-electron chi connectivity index (χ2n) is 5.48. The van der Waals surface area contributed by atoms with Gasteiger partial charge in [-0.1, -0.05) is 57.4 Å². The van der Waals surface area contributed by atoms with Gasteiger partial charge in [0.25, 0.3) is 0 Å². The summed E-state index contributed by atoms with van der Waals surface area (Å²) in [7, 11) is 1.35. The summed E-state index contributed by atoms with van der Waals surface area (Å²) in [5.41, 5.74) is 0.815. The second-order valence-corrected chi connectivity index (χ2v) is 5.48. The van der Waals surface area contributed by atoms with Crippen LogP contribution in [-0.4, -0.2) is 18.9 Å². The third kappa shape index (κ3) is 8.89. The van der Waals surface area contributed by atoms with Crippen LogP contribution in [0.2, 0.25) is 0 Å². The molecule has 0 saturated heterocycles. The molecule has 0 radical (unpaired) electrons. The number of hydrogen-bond donors (Lipinski definition) is 0. The van der Waals surface area contributed by atoms with Gasteiger partial charge in [0, 0.05) is 12.0 Å². The highest BCUT2D eigenvalue weighted by molar-refractivity contribution is 5.86. The number of hydrogen-bond acceptors (Lipinski definition) is 3. The first-order valence-electron chi connectivity index (χ1n) is 7.79. The Labute approximate surface area is 123 Å². The molecule has 20 heavy (non-hydrogen) atoms. The summed E-state index contributed by atoms with van der Waals surface area (Å²) in [5, 5.41) is 0. The van der Waals surface area contributed by atoms with E-state index < -0.39 is 0 Å². The Hall–Kier alpha value is -1.12. The van der Waals surface area contributed by atoms with Gasteiger partial charge in [-0.05, 0) is 20.3 Å². The first-order valence-corrected chi connectivity index (χ1v) is 7.79. The van der Waals surface area contributed by atoms with E-state index in [2.05, 4.69) is 11.7 Å². The van der Waals surface area contributed by atoms with Crippen molar-refractivity contribution in [3.05, 3.63) is 11.6 Å². The van der Waals surface area contributed by atoms with Crippen LogP contribution in [0.25, 0.3) is 0 Å². The van der Waals surface area contributed by atoms with Crippen LogP contribution in [0.15, 0.2) is 11.6 Å². The predicted molar refractivity (Wildman–Crippen MR) is 82.6 cm³/mol. The minimum Gasteiger partial charge on any atom is -0.466 e. The lowest BCUT2D eigenvalue weighted by molar-refractivity contribution is -0.134. The number of methoxy groups -OCH3 is 1. The molecule has 0 spiro atoms. The monoisotopic (exact) mass is 282 g/mol. The average Bonchev–Trinajstić information content (AvgIpc) is 2.41. The van der Waals surface area contributed by atoms with Crippen LogP contribution in [0.3, 0.4) is 0 Å². The van der Waals surface area contributed by atoms with Crippen molar-refractivity contribution in [2.45, 2.75) is 72.1 Å². The zero-order chi connectivity index (χ0) is 15.4. The molecule has 0 amide bonds. The predicted octanol–water partition coefficient (Wildman–Crippen LogP) is 4.45. The van der Waals surface area contributed by atoms with Gasteiger partial charge in [-0.3, -0.25) is 4.79 Å². The number of Topliss-reactive ketones (excluding diaryl/α,β-unsaturated/α-hetero) is 1. The van der Waals surface area contributed by atoms with E-state index in [0.717, 1.165) is 18.4 Å². The molecule has 0 rings (SSSR count). The summed E-state index contributed by atoms with van der Waals surface area (Å²) in [5.74, 6) is -0.383. The van der Waals surface area contributed by atoms with Gasteiger partial charge < -0.3 is 4.74 Å². The molecule has 1 unspecified atom stereocenters. The van der Waals surface area contributed by atoms with Crippen molar-refractivity contribution >= 4 is 11.8 Å². The van der Waals surface area contributed by atoms with E-state index in [1.54, 1.807) is 6.92 Å². The van der Waals surface area contributed by atoms with Gasteiger partial charge in [0.2, 0.25) is 0 Å². The molecule has 116 valence electrons. The van der Waals surface area contributed by atoms with Crippen molar-refractivity contribution in [3.8, 4) is 0 Å². The number of allylic oxidation sites excluding steroid dienone is 1. The maximum absolute atomic E-state index is 11.7. The SMILES string of the molecule is CCCCCCCCCC(C(C)=O)/C(C)=C/C(=O)OC. The van der Waals surface area contributed by atoms with Gasteiger partial charge >= 0.3 is 5.97 Å². The molecule has 3 nitrogen and oxygen atoms in total. The van der Waals surface area contributed by atoms with Crippen LogP contribution in [0.5, 0.6) is 0 Å². The first kappa shape index (κ1) is 18.9. The molecule has 0 aliphatic carbocycles. The van der Waals surface area contributed by atoms with Crippen LogP contribution >= 0.6 is 0 Å². The van der Waals surface area contributed by atoms with Crippen molar-refractivity contribution in [1.29, 1.82) is 0 Å². The van der Waals surface area contributed by atoms with Crippen LogP contribution in [-0.2, 0) is 14.3 Å². The molecule has 0 fully saturated rings. The molecule has 0 aliphatic rings. The number of unbranched alkanes of at least 4 members (excludes halogenated alkanes) is 6. The zero-order valence-corrected chi connectivity index (χ0v) is 13.5. The van der Waals surface area contributed by atoms with Crippen molar-refractivity contribution in [3.63, 3.8) is 0 Å². The number of esters is 1. The van der Waals surface area contributed by atoms with E-state index in [1.807, 2.05) is 6.92 Å². The standard InChI is InChI=1S/C17H30O3/c1-5-6-7-8-9-10-11-12-16(15(3)18)14(2)13-17(19)20-4/h13,16H,5-12H2,1-4H3/b14-13+. The number of ketones is 1. The van der Waals surface area contributed by atoms with E-state index in [1.165, 1.54) is 51.7 Å². The molecule has 0 saturated carbocycles. The molecular formula is C17H30O3. The number of rotatable bonds is 11. The smallest absolute Gasteiger partial charge is 0.330 e. The van der Waals surface area contributed by atoms with Crippen LogP contribution < -0.4 is 0 Å². The normalized spacial score (nSPS) is 13.1. The fourth-order valence-electron chi connectivity index (χ4n) is 2.40. The van der Waals surface area contributed by atoms with Gasteiger partial charge in [0.15, 0.2) is 0 Å². The van der Waals surface area contributed by atoms with Gasteiger partial charge in [-0.15, -0.1) is 0 Å². The Morgan fingerprint density at radius 3 is 2.05 bits per heavy atom. The summed E-state index contributed by atoms with van der Waals surface area (Å²) in [6.45, 7) is 5.65. The molecule has 0 aromatic carbocycles. The van der Waals surface area contributed by atoms with Gasteiger partial charge in [0.1, 0.15) is 5.78 Å². The van der Waals surface area contributed by atoms with Gasteiger partial charge in [-0.2, -0.15) is 0 Å². The lowest BCUT2D eigenvalue weighted by Gasteiger charge is -2.14. The lowest BCUT2D eigenvalue weighted by atomic mass is 9.90. The highest BCUT2D eigenvalue weighted by atomic mass is 16.5. The molecule has 0 aromatic rings. The summed E-state index contributed by atoms with van der Waals surface area (Å²) in [6, 6.07) is 0. The molecule has 3 heteroatoms. The molecule has 0 aliphatic heterocycles. The third-order valence-corrected chi connectivity index (χ3v) is 3.68. The van der Waals surface area contributed by atoms with E-state index in [-0.39, 0.29) is 17.7 Å². The van der Waals surface area contributed by atoms with E-state index in [4.69, 9.17) is 0 Å². The summed E-state index contributed by atoms with van der Waals surface area (Å²) in [4.78, 5) is 22.9. The second kappa shape index (κ2) is 11.7. The third-order valence-electron chi connectivity index (χ3n) is 3.68. The highest BCUT2D eigenvalue weighted by Gasteiger charge is 2.16. The fraction of sp³-hybridized carbons (Fsp3) is 0.765. The molecule has 0 bridgehead atoms. The average molecular weight is 282 g/mol. The first-order chi connectivity index (χ1) is 9.52. The van der Waals surface area contributed by atoms with E-state index >= 15 is 0 Å². The van der Waals surface area contributed by atoms with Crippen LogP contribution in [0.1, 0.15) is 72.1 Å². The summed E-state index contributed by atoms with van der Waals surface area (Å²) >= 11 is 0. The largest absolute Gasteiger partial charge is 0.466 e. The highest BCUT2D eigenvalue weighted by Crippen LogP contribution is 2.20. The summed E-state index contributed by atoms with van der Waals surface area (Å²) in [6.07, 6.45) is 10.9. The molecule has 0 aromatic heterocycles. The Kier molecular flexibility index (Phi) is 11.0. The molecule has 1 atom stereocenters. The van der Waals surface area contributed by atoms with E-state index in [9.17, 15) is 9.59 Å². The number of ether oxygens (including phenoxy) is 1. The number of carbonyl (C=O) groups excluding carboxylic acids is 2. The Morgan fingerprint density at radius 2 is 1.55 bits per heavy atom. The molecular weight excluding hydrogens is 252 g/mol. The van der Waals surface area contributed by atoms with Crippen molar-refractivity contribution in [1.82, 2.24) is 0 Å². The van der Waals surface area contributed by atoms with Gasteiger partial charge in [0.05, 0.1) is 7.11 Å². The maximum atomic E-state index is 11.7. The van der Waals surface area contributed by atoms with Crippen molar-refractivity contribution < 1.29 is 14.3 Å². The minimum absolute atomic E-state index is 0.133. The van der Waals surface area contributed by atoms with Gasteiger partial charge in [-0.25, -0.2) is 4.79 Å². The summed E-state index contributed by atoms with van der Waals surface area (Å²) < 4.78 is 4.60. The quantitative estimate of drug-likeness (QED) is 0.319. The molecule has 0 N–H and O–H groups in total. The van der Waals surface area contributed by atoms with E-state index in [0.29, 0.717) is 0 Å². The van der Waals surface area contributed by atoms with Crippen molar-refractivity contribution in [2.75, 3.05) is 7.11 Å². The fourth-order valence-corrected chi connectivity index (χ4v) is 2.40. The lowest BCUT2D eigenvalue weighted by Crippen LogP contribution is -2.14. The van der Waals surface area contributed by atoms with Crippen LogP contribution in [0.4, 0.5) is 0 Å². The zero-order valence-electron chi connectivity index (χ0n) is 13.5. The topological polar surface area (TPSA) is 43.4 Å². The molecule has 0 heterocycles. The van der Waals surface area contributed by atoms with Crippen LogP contribution in [0, 0.1) is 5.92 Å². The Balaban J connectivity index is 4.07. The number of carbonyl (C=O) groups is 2.